The third-order valence-electron chi connectivity index (χ3n) is 5.85. The molecule has 2 aliphatic rings. The molecule has 6 heteroatoms. The van der Waals surface area contributed by atoms with Crippen LogP contribution in [0.3, 0.4) is 0 Å². The van der Waals surface area contributed by atoms with Crippen molar-refractivity contribution in [1.82, 2.24) is 10.2 Å². The Bertz CT molecular complexity index is 609. The number of hydrogen-bond acceptors (Lipinski definition) is 3. The van der Waals surface area contributed by atoms with Gasteiger partial charge in [-0.25, -0.2) is 0 Å². The molecule has 0 bridgehead atoms. The van der Waals surface area contributed by atoms with Crippen molar-refractivity contribution in [2.45, 2.75) is 69.4 Å². The molecule has 0 radical (unpaired) electrons. The van der Waals surface area contributed by atoms with E-state index in [-0.39, 0.29) is 30.3 Å². The van der Waals surface area contributed by atoms with Gasteiger partial charge in [-0.15, -0.1) is 12.4 Å². The Labute approximate surface area is 168 Å². The molecule has 1 aromatic rings. The summed E-state index contributed by atoms with van der Waals surface area (Å²) >= 11 is 0. The Balaban J connectivity index is 0.00000261. The highest BCUT2D eigenvalue weighted by Crippen LogP contribution is 2.26. The van der Waals surface area contributed by atoms with Crippen molar-refractivity contribution in [1.29, 1.82) is 0 Å². The highest BCUT2D eigenvalue weighted by atomic mass is 35.5. The molecule has 5 nitrogen and oxygen atoms in total. The van der Waals surface area contributed by atoms with Gasteiger partial charge in [-0.05, 0) is 37.7 Å². The third kappa shape index (κ3) is 5.94. The van der Waals surface area contributed by atoms with Crippen molar-refractivity contribution >= 4 is 24.2 Å². The number of amides is 2. The van der Waals surface area contributed by atoms with Gasteiger partial charge in [0, 0.05) is 25.6 Å². The molecule has 150 valence electrons. The van der Waals surface area contributed by atoms with Gasteiger partial charge in [0.2, 0.25) is 11.8 Å². The van der Waals surface area contributed by atoms with Crippen LogP contribution in [0.5, 0.6) is 0 Å². The standard InChI is InChI=1S/C21H31N3O2.ClH/c22-21(13-5-2-6-14-21)20(26)23-18-11-15-24(16-12-18)19(25)10-9-17-7-3-1-4-8-17;/h1,3-4,7-8,18H,2,5-6,9-16,22H2,(H,23,26);1H. The maximum Gasteiger partial charge on any atom is 0.240 e. The summed E-state index contributed by atoms with van der Waals surface area (Å²) in [5.74, 6) is 0.215. The number of rotatable bonds is 5. The minimum absolute atomic E-state index is 0. The summed E-state index contributed by atoms with van der Waals surface area (Å²) in [5.41, 5.74) is 6.83. The highest BCUT2D eigenvalue weighted by Gasteiger charge is 2.36. The molecule has 0 atom stereocenters. The minimum Gasteiger partial charge on any atom is -0.352 e. The molecule has 2 fully saturated rings. The van der Waals surface area contributed by atoms with Crippen LogP contribution >= 0.6 is 12.4 Å². The molecule has 2 amide bonds. The number of aryl methyl sites for hydroxylation is 1. The number of nitrogens with zero attached hydrogens (tertiary/aromatic N) is 1. The molecule has 1 aliphatic carbocycles. The smallest absolute Gasteiger partial charge is 0.240 e. The SMILES string of the molecule is Cl.NC1(C(=O)NC2CCN(C(=O)CCc3ccccc3)CC2)CCCCC1. The average Bonchev–Trinajstić information content (AvgIpc) is 2.68. The highest BCUT2D eigenvalue weighted by molar-refractivity contribution is 5.86. The zero-order valence-corrected chi connectivity index (χ0v) is 16.8. The van der Waals surface area contributed by atoms with Crippen molar-refractivity contribution in [2.75, 3.05) is 13.1 Å². The van der Waals surface area contributed by atoms with Gasteiger partial charge in [0.05, 0.1) is 5.54 Å². The number of halogens is 1. The lowest BCUT2D eigenvalue weighted by Gasteiger charge is -2.36. The number of carbonyl (C=O) groups is 2. The van der Waals surface area contributed by atoms with Gasteiger partial charge in [-0.1, -0.05) is 49.6 Å². The van der Waals surface area contributed by atoms with Crippen LogP contribution < -0.4 is 11.1 Å². The predicted octanol–water partition coefficient (Wildman–Crippen LogP) is 2.81. The Morgan fingerprint density at radius 2 is 1.70 bits per heavy atom. The molecule has 1 aliphatic heterocycles. The second-order valence-electron chi connectivity index (χ2n) is 7.83. The van der Waals surface area contributed by atoms with Crippen molar-refractivity contribution in [3.8, 4) is 0 Å². The van der Waals surface area contributed by atoms with Gasteiger partial charge in [-0.3, -0.25) is 9.59 Å². The normalized spacial score (nSPS) is 19.8. The summed E-state index contributed by atoms with van der Waals surface area (Å²) in [4.78, 5) is 26.9. The number of piperidine rings is 1. The number of nitrogens with two attached hydrogens (primary N) is 1. The lowest BCUT2D eigenvalue weighted by atomic mass is 9.81. The van der Waals surface area contributed by atoms with Gasteiger partial charge >= 0.3 is 0 Å². The fourth-order valence-electron chi connectivity index (χ4n) is 4.07. The molecule has 1 saturated heterocycles. The number of hydrogen-bond donors (Lipinski definition) is 2. The number of nitrogens with one attached hydrogen (secondary N) is 1. The van der Waals surface area contributed by atoms with Crippen LogP contribution in [0.15, 0.2) is 30.3 Å². The second kappa shape index (κ2) is 10.1. The molecule has 1 saturated carbocycles. The van der Waals surface area contributed by atoms with Crippen molar-refractivity contribution in [3.63, 3.8) is 0 Å². The first kappa shape index (κ1) is 21.7. The lowest BCUT2D eigenvalue weighted by Crippen LogP contribution is -2.58. The first-order chi connectivity index (χ1) is 12.6. The Morgan fingerprint density at radius 3 is 2.33 bits per heavy atom. The van der Waals surface area contributed by atoms with Crippen LogP contribution in [0.4, 0.5) is 0 Å². The summed E-state index contributed by atoms with van der Waals surface area (Å²) in [7, 11) is 0. The Morgan fingerprint density at radius 1 is 1.07 bits per heavy atom. The maximum absolute atomic E-state index is 12.5. The summed E-state index contributed by atoms with van der Waals surface area (Å²) in [5, 5.41) is 3.14. The van der Waals surface area contributed by atoms with Crippen LogP contribution in [0, 0.1) is 0 Å². The number of carbonyl (C=O) groups excluding carboxylic acids is 2. The van der Waals surface area contributed by atoms with Crippen molar-refractivity contribution in [3.05, 3.63) is 35.9 Å². The van der Waals surface area contributed by atoms with Crippen molar-refractivity contribution < 1.29 is 9.59 Å². The van der Waals surface area contributed by atoms with E-state index in [1.807, 2.05) is 23.1 Å². The van der Waals surface area contributed by atoms with E-state index in [2.05, 4.69) is 17.4 Å². The summed E-state index contributed by atoms with van der Waals surface area (Å²) in [6.07, 6.45) is 7.80. The summed E-state index contributed by atoms with van der Waals surface area (Å²) < 4.78 is 0. The molecule has 0 spiro atoms. The third-order valence-corrected chi connectivity index (χ3v) is 5.85. The zero-order valence-electron chi connectivity index (χ0n) is 16.0. The van der Waals surface area contributed by atoms with E-state index in [9.17, 15) is 9.59 Å². The van der Waals surface area contributed by atoms with Crippen LogP contribution in [-0.2, 0) is 16.0 Å². The fraction of sp³-hybridized carbons (Fsp3) is 0.619. The maximum atomic E-state index is 12.5. The van der Waals surface area contributed by atoms with E-state index in [1.54, 1.807) is 0 Å². The fourth-order valence-corrected chi connectivity index (χ4v) is 4.07. The van der Waals surface area contributed by atoms with Crippen LogP contribution in [0.2, 0.25) is 0 Å². The molecular formula is C21H32ClN3O2. The predicted molar refractivity (Wildman–Crippen MR) is 110 cm³/mol. The molecule has 3 rings (SSSR count). The largest absolute Gasteiger partial charge is 0.352 e. The van der Waals surface area contributed by atoms with E-state index in [4.69, 9.17) is 5.73 Å². The minimum atomic E-state index is -0.680. The van der Waals surface area contributed by atoms with Gasteiger partial charge < -0.3 is 16.0 Å². The van der Waals surface area contributed by atoms with E-state index >= 15 is 0 Å². The quantitative estimate of drug-likeness (QED) is 0.807. The molecule has 0 unspecified atom stereocenters. The zero-order chi connectivity index (χ0) is 18.4. The Hall–Kier alpha value is -1.59. The Kier molecular flexibility index (Phi) is 8.11. The monoisotopic (exact) mass is 393 g/mol. The molecule has 3 N–H and O–H groups in total. The van der Waals surface area contributed by atoms with Crippen LogP contribution in [-0.4, -0.2) is 41.4 Å². The van der Waals surface area contributed by atoms with Crippen molar-refractivity contribution in [2.24, 2.45) is 5.73 Å². The van der Waals surface area contributed by atoms with Crippen LogP contribution in [0.25, 0.3) is 0 Å². The molecular weight excluding hydrogens is 362 g/mol. The molecule has 0 aromatic heterocycles. The first-order valence-corrected chi connectivity index (χ1v) is 9.98. The number of likely N-dealkylation sites (tertiary alicyclic amines) is 1. The van der Waals surface area contributed by atoms with E-state index in [1.165, 1.54) is 12.0 Å². The van der Waals surface area contributed by atoms with Gasteiger partial charge in [0.15, 0.2) is 0 Å². The summed E-state index contributed by atoms with van der Waals surface area (Å²) in [6.45, 7) is 1.44. The molecule has 27 heavy (non-hydrogen) atoms. The van der Waals surface area contributed by atoms with Gasteiger partial charge in [-0.2, -0.15) is 0 Å². The molecule has 1 aromatic carbocycles. The number of benzene rings is 1. The lowest BCUT2D eigenvalue weighted by molar-refractivity contribution is -0.132. The second-order valence-corrected chi connectivity index (χ2v) is 7.83. The van der Waals surface area contributed by atoms with Gasteiger partial charge in [0.25, 0.3) is 0 Å². The van der Waals surface area contributed by atoms with Gasteiger partial charge in [0.1, 0.15) is 0 Å². The molecule has 1 heterocycles. The topological polar surface area (TPSA) is 75.4 Å². The van der Waals surface area contributed by atoms with E-state index in [0.29, 0.717) is 6.42 Å². The average molecular weight is 394 g/mol. The first-order valence-electron chi connectivity index (χ1n) is 9.98. The van der Waals surface area contributed by atoms with E-state index in [0.717, 1.165) is 58.0 Å². The van der Waals surface area contributed by atoms with Crippen LogP contribution in [0.1, 0.15) is 56.9 Å². The van der Waals surface area contributed by atoms with E-state index < -0.39 is 5.54 Å². The summed E-state index contributed by atoms with van der Waals surface area (Å²) in [6, 6.07) is 10.3.